The smallest absolute Gasteiger partial charge is 0.244 e. The lowest BCUT2D eigenvalue weighted by atomic mass is 9.94. The molecule has 17 heavy (non-hydrogen) atoms. The normalized spacial score (nSPS) is 16.6. The van der Waals surface area contributed by atoms with Crippen LogP contribution in [0.1, 0.15) is 19.3 Å². The SMILES string of the molecule is COc1ccc(Cl)cc1S(=O)(=O)NC1CCC1. The fourth-order valence-corrected chi connectivity index (χ4v) is 3.41. The van der Waals surface area contributed by atoms with Crippen molar-refractivity contribution in [3.63, 3.8) is 0 Å². The topological polar surface area (TPSA) is 55.4 Å². The van der Waals surface area contributed by atoms with Gasteiger partial charge >= 0.3 is 0 Å². The van der Waals surface area contributed by atoms with Crippen LogP contribution in [-0.4, -0.2) is 21.6 Å². The first-order valence-corrected chi connectivity index (χ1v) is 7.25. The summed E-state index contributed by atoms with van der Waals surface area (Å²) in [5.41, 5.74) is 0. The minimum Gasteiger partial charge on any atom is -0.495 e. The van der Waals surface area contributed by atoms with Gasteiger partial charge in [-0.05, 0) is 31.0 Å². The fourth-order valence-electron chi connectivity index (χ4n) is 1.67. The molecule has 6 heteroatoms. The number of rotatable bonds is 4. The highest BCUT2D eigenvalue weighted by Gasteiger charge is 2.27. The number of halogens is 1. The predicted octanol–water partition coefficient (Wildman–Crippen LogP) is 2.18. The molecule has 0 heterocycles. The van der Waals surface area contributed by atoms with Gasteiger partial charge < -0.3 is 4.74 Å². The molecule has 0 bridgehead atoms. The van der Waals surface area contributed by atoms with Gasteiger partial charge in [0.2, 0.25) is 10.0 Å². The van der Waals surface area contributed by atoms with E-state index in [2.05, 4.69) is 4.72 Å². The summed E-state index contributed by atoms with van der Waals surface area (Å²) in [6.45, 7) is 0. The molecule has 0 radical (unpaired) electrons. The Morgan fingerprint density at radius 1 is 1.41 bits per heavy atom. The Labute approximate surface area is 106 Å². The Hall–Kier alpha value is -0.780. The molecule has 0 spiro atoms. The minimum absolute atomic E-state index is 0.0451. The maximum atomic E-state index is 12.1. The molecule has 0 aromatic heterocycles. The Kier molecular flexibility index (Phi) is 3.61. The monoisotopic (exact) mass is 275 g/mol. The van der Waals surface area contributed by atoms with Gasteiger partial charge in [-0.15, -0.1) is 0 Å². The number of benzene rings is 1. The predicted molar refractivity (Wildman–Crippen MR) is 66.0 cm³/mol. The summed E-state index contributed by atoms with van der Waals surface area (Å²) in [6.07, 6.45) is 2.85. The van der Waals surface area contributed by atoms with E-state index < -0.39 is 10.0 Å². The number of ether oxygens (including phenoxy) is 1. The average Bonchev–Trinajstić information content (AvgIpc) is 2.24. The van der Waals surface area contributed by atoms with Crippen LogP contribution >= 0.6 is 11.6 Å². The van der Waals surface area contributed by atoms with E-state index in [0.29, 0.717) is 10.8 Å². The first-order valence-electron chi connectivity index (χ1n) is 5.39. The lowest BCUT2D eigenvalue weighted by Gasteiger charge is -2.26. The Bertz CT molecular complexity index is 511. The van der Waals surface area contributed by atoms with E-state index >= 15 is 0 Å². The van der Waals surface area contributed by atoms with Crippen molar-refractivity contribution in [2.75, 3.05) is 7.11 Å². The van der Waals surface area contributed by atoms with Crippen LogP contribution in [0.4, 0.5) is 0 Å². The molecular formula is C11H14ClNO3S. The summed E-state index contributed by atoms with van der Waals surface area (Å²) in [4.78, 5) is 0.0967. The summed E-state index contributed by atoms with van der Waals surface area (Å²) >= 11 is 5.82. The lowest BCUT2D eigenvalue weighted by Crippen LogP contribution is -2.39. The molecule has 0 aliphatic heterocycles. The van der Waals surface area contributed by atoms with Crippen LogP contribution < -0.4 is 9.46 Å². The molecule has 0 unspecified atom stereocenters. The average molecular weight is 276 g/mol. The highest BCUT2D eigenvalue weighted by molar-refractivity contribution is 7.89. The van der Waals surface area contributed by atoms with Crippen LogP contribution in [0, 0.1) is 0 Å². The second-order valence-corrected chi connectivity index (χ2v) is 6.16. The maximum Gasteiger partial charge on any atom is 0.244 e. The van der Waals surface area contributed by atoms with E-state index in [-0.39, 0.29) is 10.9 Å². The van der Waals surface area contributed by atoms with Crippen LogP contribution in [-0.2, 0) is 10.0 Å². The van der Waals surface area contributed by atoms with Crippen LogP contribution in [0.25, 0.3) is 0 Å². The summed E-state index contributed by atoms with van der Waals surface area (Å²) in [7, 11) is -2.11. The quantitative estimate of drug-likeness (QED) is 0.916. The summed E-state index contributed by atoms with van der Waals surface area (Å²) in [5.74, 6) is 0.307. The van der Waals surface area contributed by atoms with Crippen LogP contribution in [0.15, 0.2) is 23.1 Å². The fraction of sp³-hybridized carbons (Fsp3) is 0.455. The summed E-state index contributed by atoms with van der Waals surface area (Å²) in [6, 6.07) is 4.60. The van der Waals surface area contributed by atoms with E-state index in [1.54, 1.807) is 12.1 Å². The van der Waals surface area contributed by atoms with Gasteiger partial charge in [0.15, 0.2) is 0 Å². The third kappa shape index (κ3) is 2.73. The van der Waals surface area contributed by atoms with Crippen molar-refractivity contribution in [2.24, 2.45) is 0 Å². The molecule has 2 rings (SSSR count). The number of hydrogen-bond donors (Lipinski definition) is 1. The zero-order valence-electron chi connectivity index (χ0n) is 9.44. The number of nitrogens with one attached hydrogen (secondary N) is 1. The molecule has 1 N–H and O–H groups in total. The van der Waals surface area contributed by atoms with Crippen molar-refractivity contribution >= 4 is 21.6 Å². The lowest BCUT2D eigenvalue weighted by molar-refractivity contribution is 0.379. The molecular weight excluding hydrogens is 262 g/mol. The van der Waals surface area contributed by atoms with Crippen LogP contribution in [0.3, 0.4) is 0 Å². The summed E-state index contributed by atoms with van der Waals surface area (Å²) < 4.78 is 31.9. The molecule has 1 aliphatic carbocycles. The van der Waals surface area contributed by atoms with Gasteiger partial charge in [0.25, 0.3) is 0 Å². The van der Waals surface area contributed by atoms with Gasteiger partial charge in [-0.1, -0.05) is 18.0 Å². The van der Waals surface area contributed by atoms with Crippen molar-refractivity contribution in [3.8, 4) is 5.75 Å². The molecule has 0 saturated heterocycles. The van der Waals surface area contributed by atoms with Gasteiger partial charge in [-0.3, -0.25) is 0 Å². The van der Waals surface area contributed by atoms with Gasteiger partial charge in [-0.25, -0.2) is 13.1 Å². The third-order valence-corrected chi connectivity index (χ3v) is 4.62. The molecule has 1 aromatic rings. The molecule has 4 nitrogen and oxygen atoms in total. The van der Waals surface area contributed by atoms with Crippen LogP contribution in [0.2, 0.25) is 5.02 Å². The standard InChI is InChI=1S/C11H14ClNO3S/c1-16-10-6-5-8(12)7-11(10)17(14,15)13-9-3-2-4-9/h5-7,9,13H,2-4H2,1H3. The van der Waals surface area contributed by atoms with Crippen molar-refractivity contribution in [2.45, 2.75) is 30.2 Å². The molecule has 1 aromatic carbocycles. The maximum absolute atomic E-state index is 12.1. The minimum atomic E-state index is -3.55. The largest absolute Gasteiger partial charge is 0.495 e. The second-order valence-electron chi connectivity index (χ2n) is 4.04. The van der Waals surface area contributed by atoms with Crippen molar-refractivity contribution in [1.82, 2.24) is 4.72 Å². The van der Waals surface area contributed by atoms with Crippen molar-refractivity contribution in [1.29, 1.82) is 0 Å². The summed E-state index contributed by atoms with van der Waals surface area (Å²) in [5, 5.41) is 0.375. The van der Waals surface area contributed by atoms with Crippen molar-refractivity contribution < 1.29 is 13.2 Å². The highest BCUT2D eigenvalue weighted by atomic mass is 35.5. The third-order valence-electron chi connectivity index (χ3n) is 2.84. The van der Waals surface area contributed by atoms with E-state index in [0.717, 1.165) is 19.3 Å². The first-order chi connectivity index (χ1) is 8.03. The number of hydrogen-bond acceptors (Lipinski definition) is 3. The van der Waals surface area contributed by atoms with E-state index in [1.807, 2.05) is 0 Å². The van der Waals surface area contributed by atoms with E-state index in [9.17, 15) is 8.42 Å². The van der Waals surface area contributed by atoms with Crippen molar-refractivity contribution in [3.05, 3.63) is 23.2 Å². The molecule has 1 saturated carbocycles. The zero-order chi connectivity index (χ0) is 12.5. The van der Waals surface area contributed by atoms with Gasteiger partial charge in [-0.2, -0.15) is 0 Å². The van der Waals surface area contributed by atoms with E-state index in [1.165, 1.54) is 13.2 Å². The molecule has 1 fully saturated rings. The van der Waals surface area contributed by atoms with Gasteiger partial charge in [0, 0.05) is 11.1 Å². The van der Waals surface area contributed by atoms with E-state index in [4.69, 9.17) is 16.3 Å². The molecule has 1 aliphatic rings. The first kappa shape index (κ1) is 12.7. The van der Waals surface area contributed by atoms with Gasteiger partial charge in [0.1, 0.15) is 10.6 Å². The molecule has 0 atom stereocenters. The second kappa shape index (κ2) is 4.84. The Morgan fingerprint density at radius 3 is 2.65 bits per heavy atom. The van der Waals surface area contributed by atoms with Gasteiger partial charge in [0.05, 0.1) is 7.11 Å². The molecule has 94 valence electrons. The Balaban J connectivity index is 2.33. The zero-order valence-corrected chi connectivity index (χ0v) is 11.0. The number of methoxy groups -OCH3 is 1. The number of sulfonamides is 1. The Morgan fingerprint density at radius 2 is 2.12 bits per heavy atom. The molecule has 0 amide bonds. The van der Waals surface area contributed by atoms with Crippen LogP contribution in [0.5, 0.6) is 5.75 Å². The highest BCUT2D eigenvalue weighted by Crippen LogP contribution is 2.28.